The van der Waals surface area contributed by atoms with Crippen molar-refractivity contribution in [2.75, 3.05) is 52.5 Å². The summed E-state index contributed by atoms with van der Waals surface area (Å²) >= 11 is 1.85. The molecule has 4 nitrogen and oxygen atoms in total. The molecule has 0 saturated carbocycles. The van der Waals surface area contributed by atoms with Gasteiger partial charge in [0.2, 0.25) is 0 Å². The van der Waals surface area contributed by atoms with E-state index in [9.17, 15) is 0 Å². The highest BCUT2D eigenvalue weighted by Gasteiger charge is 2.12. The Morgan fingerprint density at radius 2 is 1.06 bits per heavy atom. The van der Waals surface area contributed by atoms with Gasteiger partial charge in [0.25, 0.3) is 0 Å². The van der Waals surface area contributed by atoms with E-state index in [-0.39, 0.29) is 12.4 Å². The van der Waals surface area contributed by atoms with E-state index in [1.807, 2.05) is 11.3 Å². The van der Waals surface area contributed by atoms with Gasteiger partial charge in [-0.05, 0) is 101 Å². The average Bonchev–Trinajstić information content (AvgIpc) is 3.23. The van der Waals surface area contributed by atoms with Crippen LogP contribution in [0.2, 0.25) is 0 Å². The van der Waals surface area contributed by atoms with Gasteiger partial charge in [0.05, 0.1) is 13.2 Å². The fourth-order valence-electron chi connectivity index (χ4n) is 5.24. The molecule has 1 aromatic heterocycles. The molecular weight excluding hydrogens is 464 g/mol. The highest BCUT2D eigenvalue weighted by molar-refractivity contribution is 7.25. The van der Waals surface area contributed by atoms with Crippen LogP contribution in [0.25, 0.3) is 20.2 Å². The highest BCUT2D eigenvalue weighted by atomic mass is 35.5. The molecule has 0 unspecified atom stereocenters. The number of rotatable bonds is 10. The van der Waals surface area contributed by atoms with Gasteiger partial charge < -0.3 is 19.3 Å². The summed E-state index contributed by atoms with van der Waals surface area (Å²) < 4.78 is 14.9. The van der Waals surface area contributed by atoms with Crippen LogP contribution in [0.5, 0.6) is 11.5 Å². The normalized spacial score (nSPS) is 17.6. The molecule has 0 amide bonds. The van der Waals surface area contributed by atoms with E-state index in [4.69, 9.17) is 9.47 Å². The van der Waals surface area contributed by atoms with Crippen LogP contribution >= 0.6 is 23.7 Å². The molecule has 2 fully saturated rings. The third-order valence-electron chi connectivity index (χ3n) is 7.08. The zero-order chi connectivity index (χ0) is 22.3. The zero-order valence-electron chi connectivity index (χ0n) is 20.3. The first-order chi connectivity index (χ1) is 16.3. The third kappa shape index (κ3) is 6.78. The van der Waals surface area contributed by atoms with E-state index < -0.39 is 0 Å². The topological polar surface area (TPSA) is 24.9 Å². The molecule has 2 aliphatic rings. The zero-order valence-corrected chi connectivity index (χ0v) is 21.9. The molecule has 0 aliphatic carbocycles. The Morgan fingerprint density at radius 1 is 0.618 bits per heavy atom. The predicted molar refractivity (Wildman–Crippen MR) is 147 cm³/mol. The smallest absolute Gasteiger partial charge is 0.120 e. The summed E-state index contributed by atoms with van der Waals surface area (Å²) in [5.41, 5.74) is 0. The van der Waals surface area contributed by atoms with Crippen LogP contribution < -0.4 is 9.47 Å². The molecule has 0 radical (unpaired) electrons. The lowest BCUT2D eigenvalue weighted by molar-refractivity contribution is 0.205. The second-order valence-electron chi connectivity index (χ2n) is 9.63. The van der Waals surface area contributed by atoms with Crippen molar-refractivity contribution < 1.29 is 9.47 Å². The van der Waals surface area contributed by atoms with Gasteiger partial charge in [-0.1, -0.05) is 12.8 Å². The third-order valence-corrected chi connectivity index (χ3v) is 8.24. The molecule has 186 valence electrons. The first kappa shape index (κ1) is 25.6. The Hall–Kier alpha value is -1.53. The minimum absolute atomic E-state index is 0. The number of ether oxygens (including phenoxy) is 2. The van der Waals surface area contributed by atoms with E-state index >= 15 is 0 Å². The summed E-state index contributed by atoms with van der Waals surface area (Å²) in [7, 11) is 0. The van der Waals surface area contributed by atoms with Crippen molar-refractivity contribution in [3.8, 4) is 11.5 Å². The van der Waals surface area contributed by atoms with Gasteiger partial charge in [0.15, 0.2) is 0 Å². The molecule has 3 heterocycles. The molecule has 0 atom stereocenters. The maximum Gasteiger partial charge on any atom is 0.120 e. The SMILES string of the molecule is Cl.c1cc2sc3ccc(OCCCN4CCCCC4)cc3c2cc1OCCCN1CCCCC1. The summed E-state index contributed by atoms with van der Waals surface area (Å²) in [6.45, 7) is 8.92. The van der Waals surface area contributed by atoms with Crippen LogP contribution in [0.15, 0.2) is 36.4 Å². The number of halogens is 1. The molecule has 3 aromatic rings. The van der Waals surface area contributed by atoms with E-state index in [2.05, 4.69) is 46.2 Å². The van der Waals surface area contributed by atoms with Gasteiger partial charge in [-0.15, -0.1) is 23.7 Å². The Kier molecular flexibility index (Phi) is 9.75. The van der Waals surface area contributed by atoms with Crippen molar-refractivity contribution >= 4 is 43.9 Å². The Morgan fingerprint density at radius 3 is 1.50 bits per heavy atom. The second-order valence-corrected chi connectivity index (χ2v) is 10.7. The fourth-order valence-corrected chi connectivity index (χ4v) is 6.30. The maximum atomic E-state index is 6.13. The van der Waals surface area contributed by atoms with E-state index in [1.165, 1.54) is 84.9 Å². The molecular formula is C28H39ClN2O2S. The summed E-state index contributed by atoms with van der Waals surface area (Å²) in [5.74, 6) is 1.96. The Balaban J connectivity index is 0.00000274. The molecule has 0 N–H and O–H groups in total. The van der Waals surface area contributed by atoms with Crippen LogP contribution in [0, 0.1) is 0 Å². The molecule has 2 aliphatic heterocycles. The minimum Gasteiger partial charge on any atom is -0.494 e. The largest absolute Gasteiger partial charge is 0.494 e. The summed E-state index contributed by atoms with van der Waals surface area (Å²) in [6, 6.07) is 13.1. The van der Waals surface area contributed by atoms with E-state index in [1.54, 1.807) is 0 Å². The molecule has 0 spiro atoms. The Bertz CT molecular complexity index is 948. The van der Waals surface area contributed by atoms with Gasteiger partial charge in [-0.3, -0.25) is 0 Å². The maximum absolute atomic E-state index is 6.13. The molecule has 2 aromatic carbocycles. The fraction of sp³-hybridized carbons (Fsp3) is 0.571. The Labute approximate surface area is 214 Å². The highest BCUT2D eigenvalue weighted by Crippen LogP contribution is 2.37. The van der Waals surface area contributed by atoms with E-state index in [0.29, 0.717) is 0 Å². The van der Waals surface area contributed by atoms with Gasteiger partial charge >= 0.3 is 0 Å². The lowest BCUT2D eigenvalue weighted by Crippen LogP contribution is -2.31. The first-order valence-electron chi connectivity index (χ1n) is 13.0. The number of hydrogen-bond acceptors (Lipinski definition) is 5. The van der Waals surface area contributed by atoms with E-state index in [0.717, 1.165) is 50.6 Å². The number of fused-ring (bicyclic) bond motifs is 3. The second kappa shape index (κ2) is 13.0. The lowest BCUT2D eigenvalue weighted by atomic mass is 10.1. The standard InChI is InChI=1S/C28H38N2O2S.ClH/c1-3-13-29(14-4-1)17-7-19-31-23-9-11-27-25(21-23)26-22-24(10-12-28(26)33-27)32-20-8-18-30-15-5-2-6-16-30;/h9-12,21-22H,1-8,13-20H2;1H. The number of thiophene rings is 1. The number of nitrogens with zero attached hydrogens (tertiary/aromatic N) is 2. The van der Waals surface area contributed by atoms with Crippen LogP contribution in [0.1, 0.15) is 51.4 Å². The molecule has 6 heteroatoms. The van der Waals surface area contributed by atoms with Crippen molar-refractivity contribution in [2.45, 2.75) is 51.4 Å². The van der Waals surface area contributed by atoms with Crippen LogP contribution in [-0.4, -0.2) is 62.3 Å². The van der Waals surface area contributed by atoms with Crippen molar-refractivity contribution in [2.24, 2.45) is 0 Å². The van der Waals surface area contributed by atoms with Crippen molar-refractivity contribution in [3.63, 3.8) is 0 Å². The van der Waals surface area contributed by atoms with Gasteiger partial charge in [0, 0.05) is 33.3 Å². The van der Waals surface area contributed by atoms with Crippen LogP contribution in [0.3, 0.4) is 0 Å². The van der Waals surface area contributed by atoms with Crippen molar-refractivity contribution in [1.29, 1.82) is 0 Å². The number of hydrogen-bond donors (Lipinski definition) is 0. The van der Waals surface area contributed by atoms with Crippen LogP contribution in [0.4, 0.5) is 0 Å². The van der Waals surface area contributed by atoms with Crippen molar-refractivity contribution in [3.05, 3.63) is 36.4 Å². The molecule has 5 rings (SSSR count). The van der Waals surface area contributed by atoms with Crippen molar-refractivity contribution in [1.82, 2.24) is 9.80 Å². The number of benzene rings is 2. The molecule has 0 bridgehead atoms. The first-order valence-corrected chi connectivity index (χ1v) is 13.8. The quantitative estimate of drug-likeness (QED) is 0.279. The predicted octanol–water partition coefficient (Wildman–Crippen LogP) is 6.99. The summed E-state index contributed by atoms with van der Waals surface area (Å²) in [4.78, 5) is 5.16. The minimum atomic E-state index is 0. The number of likely N-dealkylation sites (tertiary alicyclic amines) is 2. The summed E-state index contributed by atoms with van der Waals surface area (Å²) in [6.07, 6.45) is 10.4. The number of piperidine rings is 2. The van der Waals surface area contributed by atoms with Gasteiger partial charge in [0.1, 0.15) is 11.5 Å². The molecule has 34 heavy (non-hydrogen) atoms. The van der Waals surface area contributed by atoms with Gasteiger partial charge in [-0.2, -0.15) is 0 Å². The van der Waals surface area contributed by atoms with Crippen LogP contribution in [-0.2, 0) is 0 Å². The average molecular weight is 503 g/mol. The monoisotopic (exact) mass is 502 g/mol. The lowest BCUT2D eigenvalue weighted by Gasteiger charge is -2.26. The molecule has 2 saturated heterocycles. The summed E-state index contributed by atoms with van der Waals surface area (Å²) in [5, 5.41) is 2.56. The van der Waals surface area contributed by atoms with Gasteiger partial charge in [-0.25, -0.2) is 0 Å².